The standard InChI is InChI=1S/C16H14FN3O/c1-2-9-7-19-16-13(9)6-10(8-20-16)11-4-3-5-12(14(11)17)15(18)21/h3-8H,2H2,1H3,(H2,18,21)(H,19,20). The summed E-state index contributed by atoms with van der Waals surface area (Å²) in [5.41, 5.74) is 7.90. The summed E-state index contributed by atoms with van der Waals surface area (Å²) in [6.45, 7) is 2.05. The molecule has 0 aliphatic carbocycles. The molecule has 3 N–H and O–H groups in total. The van der Waals surface area contributed by atoms with Gasteiger partial charge in [0.15, 0.2) is 0 Å². The minimum Gasteiger partial charge on any atom is -0.366 e. The largest absolute Gasteiger partial charge is 0.366 e. The molecular weight excluding hydrogens is 269 g/mol. The molecule has 3 rings (SSSR count). The van der Waals surface area contributed by atoms with Crippen LogP contribution in [0.1, 0.15) is 22.8 Å². The van der Waals surface area contributed by atoms with Crippen molar-refractivity contribution < 1.29 is 9.18 Å². The van der Waals surface area contributed by atoms with E-state index in [0.717, 1.165) is 23.0 Å². The Bertz CT molecular complexity index is 839. The number of H-pyrrole nitrogens is 1. The van der Waals surface area contributed by atoms with Crippen LogP contribution in [0.4, 0.5) is 4.39 Å². The van der Waals surface area contributed by atoms with Crippen molar-refractivity contribution >= 4 is 16.9 Å². The number of aromatic nitrogens is 2. The zero-order valence-corrected chi connectivity index (χ0v) is 11.5. The number of hydrogen-bond acceptors (Lipinski definition) is 2. The molecule has 0 bridgehead atoms. The molecular formula is C16H14FN3O. The molecule has 2 heterocycles. The summed E-state index contributed by atoms with van der Waals surface area (Å²) in [4.78, 5) is 18.6. The topological polar surface area (TPSA) is 71.8 Å². The minimum atomic E-state index is -0.778. The highest BCUT2D eigenvalue weighted by Gasteiger charge is 2.14. The van der Waals surface area contributed by atoms with E-state index in [1.807, 2.05) is 19.2 Å². The second kappa shape index (κ2) is 5.01. The Kier molecular flexibility index (Phi) is 3.17. The first-order chi connectivity index (χ1) is 10.1. The predicted molar refractivity (Wildman–Crippen MR) is 79.4 cm³/mol. The number of amides is 1. The predicted octanol–water partition coefficient (Wildman–Crippen LogP) is 3.03. The van der Waals surface area contributed by atoms with Crippen molar-refractivity contribution in [1.82, 2.24) is 9.97 Å². The van der Waals surface area contributed by atoms with E-state index in [0.29, 0.717) is 11.1 Å². The number of pyridine rings is 1. The number of aromatic amines is 1. The maximum absolute atomic E-state index is 14.4. The van der Waals surface area contributed by atoms with Crippen LogP contribution in [0.3, 0.4) is 0 Å². The normalized spacial score (nSPS) is 11.0. The van der Waals surface area contributed by atoms with Gasteiger partial charge in [-0.25, -0.2) is 9.37 Å². The van der Waals surface area contributed by atoms with Crippen LogP contribution in [0.15, 0.2) is 36.7 Å². The SMILES string of the molecule is CCc1c[nH]c2ncc(-c3cccc(C(N)=O)c3F)cc12. The highest BCUT2D eigenvalue weighted by Crippen LogP contribution is 2.28. The van der Waals surface area contributed by atoms with Crippen LogP contribution >= 0.6 is 0 Å². The van der Waals surface area contributed by atoms with Gasteiger partial charge in [-0.2, -0.15) is 0 Å². The van der Waals surface area contributed by atoms with E-state index < -0.39 is 11.7 Å². The van der Waals surface area contributed by atoms with Gasteiger partial charge in [0.1, 0.15) is 11.5 Å². The molecule has 0 fully saturated rings. The zero-order valence-electron chi connectivity index (χ0n) is 11.5. The summed E-state index contributed by atoms with van der Waals surface area (Å²) in [7, 11) is 0. The number of halogens is 1. The fourth-order valence-electron chi connectivity index (χ4n) is 2.44. The van der Waals surface area contributed by atoms with Crippen molar-refractivity contribution in [1.29, 1.82) is 0 Å². The smallest absolute Gasteiger partial charge is 0.251 e. The summed E-state index contributed by atoms with van der Waals surface area (Å²) in [5.74, 6) is -1.39. The van der Waals surface area contributed by atoms with Crippen LogP contribution in [0.2, 0.25) is 0 Å². The number of fused-ring (bicyclic) bond motifs is 1. The number of rotatable bonds is 3. The highest BCUT2D eigenvalue weighted by atomic mass is 19.1. The number of benzene rings is 1. The lowest BCUT2D eigenvalue weighted by atomic mass is 10.0. The number of carbonyl (C=O) groups is 1. The lowest BCUT2D eigenvalue weighted by molar-refractivity contribution is 0.0996. The van der Waals surface area contributed by atoms with Gasteiger partial charge >= 0.3 is 0 Å². The van der Waals surface area contributed by atoms with Crippen LogP contribution < -0.4 is 5.73 Å². The number of nitrogens with one attached hydrogen (secondary N) is 1. The lowest BCUT2D eigenvalue weighted by Crippen LogP contribution is -2.13. The second-order valence-corrected chi connectivity index (χ2v) is 4.82. The maximum Gasteiger partial charge on any atom is 0.251 e. The first kappa shape index (κ1) is 13.3. The molecule has 0 unspecified atom stereocenters. The molecule has 106 valence electrons. The zero-order chi connectivity index (χ0) is 15.0. The van der Waals surface area contributed by atoms with Gasteiger partial charge in [0.2, 0.25) is 0 Å². The van der Waals surface area contributed by atoms with Crippen molar-refractivity contribution in [3.63, 3.8) is 0 Å². The lowest BCUT2D eigenvalue weighted by Gasteiger charge is -2.06. The molecule has 4 nitrogen and oxygen atoms in total. The Morgan fingerprint density at radius 3 is 2.95 bits per heavy atom. The van der Waals surface area contributed by atoms with Crippen LogP contribution in [0, 0.1) is 5.82 Å². The summed E-state index contributed by atoms with van der Waals surface area (Å²) >= 11 is 0. The fraction of sp³-hybridized carbons (Fsp3) is 0.125. The monoisotopic (exact) mass is 283 g/mol. The van der Waals surface area contributed by atoms with E-state index in [-0.39, 0.29) is 5.56 Å². The average Bonchev–Trinajstić information content (AvgIpc) is 2.89. The van der Waals surface area contributed by atoms with Crippen molar-refractivity contribution in [3.8, 4) is 11.1 Å². The molecule has 2 aromatic heterocycles. The third-order valence-electron chi connectivity index (χ3n) is 3.57. The van der Waals surface area contributed by atoms with Gasteiger partial charge in [-0.1, -0.05) is 19.1 Å². The molecule has 1 amide bonds. The van der Waals surface area contributed by atoms with E-state index >= 15 is 0 Å². The third-order valence-corrected chi connectivity index (χ3v) is 3.57. The molecule has 5 heteroatoms. The van der Waals surface area contributed by atoms with Crippen LogP contribution in [0.25, 0.3) is 22.2 Å². The number of nitrogens with two attached hydrogens (primary N) is 1. The van der Waals surface area contributed by atoms with E-state index in [4.69, 9.17) is 5.73 Å². The van der Waals surface area contributed by atoms with Crippen molar-refractivity contribution in [2.45, 2.75) is 13.3 Å². The molecule has 0 aliphatic rings. The van der Waals surface area contributed by atoms with Crippen molar-refractivity contribution in [2.24, 2.45) is 5.73 Å². The fourth-order valence-corrected chi connectivity index (χ4v) is 2.44. The molecule has 1 aromatic carbocycles. The van der Waals surface area contributed by atoms with E-state index in [1.54, 1.807) is 18.3 Å². The Hall–Kier alpha value is -2.69. The van der Waals surface area contributed by atoms with E-state index in [9.17, 15) is 9.18 Å². The third kappa shape index (κ3) is 2.16. The number of carbonyl (C=O) groups excluding carboxylic acids is 1. The van der Waals surface area contributed by atoms with Gasteiger partial charge in [0.25, 0.3) is 5.91 Å². The Morgan fingerprint density at radius 1 is 1.43 bits per heavy atom. The van der Waals surface area contributed by atoms with Crippen molar-refractivity contribution in [2.75, 3.05) is 0 Å². The van der Waals surface area contributed by atoms with Gasteiger partial charge < -0.3 is 10.7 Å². The van der Waals surface area contributed by atoms with Gasteiger partial charge in [-0.3, -0.25) is 4.79 Å². The van der Waals surface area contributed by atoms with E-state index in [2.05, 4.69) is 9.97 Å². The molecule has 0 spiro atoms. The molecule has 0 radical (unpaired) electrons. The Labute approximate surface area is 120 Å². The van der Waals surface area contributed by atoms with Gasteiger partial charge in [-0.15, -0.1) is 0 Å². The van der Waals surface area contributed by atoms with Crippen molar-refractivity contribution in [3.05, 3.63) is 53.6 Å². The number of primary amides is 1. The van der Waals surface area contributed by atoms with Crippen LogP contribution in [0.5, 0.6) is 0 Å². The average molecular weight is 283 g/mol. The quantitative estimate of drug-likeness (QED) is 0.775. The molecule has 3 aromatic rings. The van der Waals surface area contributed by atoms with Crippen LogP contribution in [-0.2, 0) is 6.42 Å². The van der Waals surface area contributed by atoms with E-state index in [1.165, 1.54) is 6.07 Å². The second-order valence-electron chi connectivity index (χ2n) is 4.82. The molecule has 21 heavy (non-hydrogen) atoms. The molecule has 0 saturated carbocycles. The minimum absolute atomic E-state index is 0.114. The van der Waals surface area contributed by atoms with Gasteiger partial charge in [-0.05, 0) is 24.1 Å². The Balaban J connectivity index is 2.20. The first-order valence-corrected chi connectivity index (χ1v) is 6.66. The number of nitrogens with zero attached hydrogens (tertiary/aromatic N) is 1. The maximum atomic E-state index is 14.4. The van der Waals surface area contributed by atoms with Gasteiger partial charge in [0.05, 0.1) is 5.56 Å². The highest BCUT2D eigenvalue weighted by molar-refractivity contribution is 5.95. The van der Waals surface area contributed by atoms with Crippen LogP contribution in [-0.4, -0.2) is 15.9 Å². The molecule has 0 saturated heterocycles. The van der Waals surface area contributed by atoms with Gasteiger partial charge in [0, 0.05) is 28.9 Å². The number of aryl methyl sites for hydroxylation is 1. The summed E-state index contributed by atoms with van der Waals surface area (Å²) < 4.78 is 14.4. The first-order valence-electron chi connectivity index (χ1n) is 6.66. The Morgan fingerprint density at radius 2 is 2.24 bits per heavy atom. The molecule has 0 atom stereocenters. The number of hydrogen-bond donors (Lipinski definition) is 2. The summed E-state index contributed by atoms with van der Waals surface area (Å²) in [6.07, 6.45) is 4.34. The summed E-state index contributed by atoms with van der Waals surface area (Å²) in [6, 6.07) is 6.48. The molecule has 0 aliphatic heterocycles. The summed E-state index contributed by atoms with van der Waals surface area (Å²) in [5, 5.41) is 0.957.